The molecular formula is C9H12N2OS2. The molecule has 0 fully saturated rings. The Kier molecular flexibility index (Phi) is 4.03. The molecule has 3 nitrogen and oxygen atoms in total. The second kappa shape index (κ2) is 5.07. The van der Waals surface area contributed by atoms with Gasteiger partial charge < -0.3 is 11.1 Å². The van der Waals surface area contributed by atoms with Crippen LogP contribution in [0.2, 0.25) is 0 Å². The summed E-state index contributed by atoms with van der Waals surface area (Å²) in [5.41, 5.74) is 6.11. The highest BCUT2D eigenvalue weighted by molar-refractivity contribution is 7.80. The molecule has 1 rings (SSSR count). The van der Waals surface area contributed by atoms with Crippen molar-refractivity contribution in [1.82, 2.24) is 5.32 Å². The summed E-state index contributed by atoms with van der Waals surface area (Å²) in [5.74, 6) is -0.0399. The first kappa shape index (κ1) is 11.1. The van der Waals surface area contributed by atoms with E-state index in [4.69, 9.17) is 18.0 Å². The standard InChI is InChI=1S/C9H12N2OS2/c1-6(8(10)13)4-11-9(12)7-2-3-14-5-7/h2-3,5-6H,4H2,1H3,(H2,10,13)(H,11,12). The molecule has 0 aliphatic carbocycles. The van der Waals surface area contributed by atoms with Crippen molar-refractivity contribution in [2.75, 3.05) is 6.54 Å². The van der Waals surface area contributed by atoms with Crippen molar-refractivity contribution < 1.29 is 4.79 Å². The summed E-state index contributed by atoms with van der Waals surface area (Å²) in [6.45, 7) is 2.38. The van der Waals surface area contributed by atoms with Gasteiger partial charge in [0.05, 0.1) is 4.99 Å². The molecule has 0 aliphatic rings. The van der Waals surface area contributed by atoms with Crippen molar-refractivity contribution in [3.8, 4) is 0 Å². The molecule has 1 unspecified atom stereocenters. The molecular weight excluding hydrogens is 216 g/mol. The maximum Gasteiger partial charge on any atom is 0.252 e. The molecule has 76 valence electrons. The molecule has 1 atom stereocenters. The third kappa shape index (κ3) is 3.08. The minimum absolute atomic E-state index is 0.0348. The lowest BCUT2D eigenvalue weighted by Crippen LogP contribution is -2.33. The number of hydrogen-bond acceptors (Lipinski definition) is 3. The van der Waals surface area contributed by atoms with E-state index >= 15 is 0 Å². The minimum Gasteiger partial charge on any atom is -0.393 e. The van der Waals surface area contributed by atoms with Gasteiger partial charge in [-0.15, -0.1) is 0 Å². The molecule has 1 aromatic heterocycles. The van der Waals surface area contributed by atoms with Crippen LogP contribution in [0.5, 0.6) is 0 Å². The molecule has 3 N–H and O–H groups in total. The van der Waals surface area contributed by atoms with Gasteiger partial charge in [0.15, 0.2) is 0 Å². The Labute approximate surface area is 92.3 Å². The third-order valence-electron chi connectivity index (χ3n) is 1.84. The Hall–Kier alpha value is -0.940. The van der Waals surface area contributed by atoms with Crippen LogP contribution in [0.15, 0.2) is 16.8 Å². The summed E-state index contributed by atoms with van der Waals surface area (Å²) in [5, 5.41) is 6.44. The van der Waals surface area contributed by atoms with Crippen LogP contribution in [0.25, 0.3) is 0 Å². The zero-order valence-electron chi connectivity index (χ0n) is 7.82. The SMILES string of the molecule is CC(CNC(=O)c1ccsc1)C(N)=S. The fraction of sp³-hybridized carbons (Fsp3) is 0.333. The second-order valence-electron chi connectivity index (χ2n) is 3.03. The van der Waals surface area contributed by atoms with Gasteiger partial charge in [0.1, 0.15) is 0 Å². The van der Waals surface area contributed by atoms with Gasteiger partial charge >= 0.3 is 0 Å². The predicted octanol–water partition coefficient (Wildman–Crippen LogP) is 1.40. The van der Waals surface area contributed by atoms with Crippen LogP contribution < -0.4 is 11.1 Å². The van der Waals surface area contributed by atoms with E-state index < -0.39 is 0 Å². The summed E-state index contributed by atoms with van der Waals surface area (Å²) in [6, 6.07) is 1.78. The highest BCUT2D eigenvalue weighted by Gasteiger charge is 2.09. The largest absolute Gasteiger partial charge is 0.393 e. The summed E-state index contributed by atoms with van der Waals surface area (Å²) in [6.07, 6.45) is 0. The van der Waals surface area contributed by atoms with Crippen LogP contribution in [0.4, 0.5) is 0 Å². The van der Waals surface area contributed by atoms with E-state index in [-0.39, 0.29) is 11.8 Å². The second-order valence-corrected chi connectivity index (χ2v) is 4.28. The molecule has 5 heteroatoms. The summed E-state index contributed by atoms with van der Waals surface area (Å²) in [4.78, 5) is 11.9. The Balaban J connectivity index is 2.40. The van der Waals surface area contributed by atoms with Gasteiger partial charge in [-0.25, -0.2) is 0 Å². The van der Waals surface area contributed by atoms with E-state index in [1.165, 1.54) is 11.3 Å². The van der Waals surface area contributed by atoms with Crippen molar-refractivity contribution in [2.24, 2.45) is 11.7 Å². The number of carbonyl (C=O) groups excluding carboxylic acids is 1. The quantitative estimate of drug-likeness (QED) is 0.766. The van der Waals surface area contributed by atoms with Crippen LogP contribution in [0.3, 0.4) is 0 Å². The molecule has 0 aliphatic heterocycles. The third-order valence-corrected chi connectivity index (χ3v) is 2.92. The number of rotatable bonds is 4. The lowest BCUT2D eigenvalue weighted by atomic mass is 10.2. The van der Waals surface area contributed by atoms with Crippen LogP contribution in [-0.2, 0) is 0 Å². The van der Waals surface area contributed by atoms with Gasteiger partial charge in [-0.2, -0.15) is 11.3 Å². The van der Waals surface area contributed by atoms with Crippen LogP contribution in [-0.4, -0.2) is 17.4 Å². The van der Waals surface area contributed by atoms with E-state index in [9.17, 15) is 4.79 Å². The van der Waals surface area contributed by atoms with Crippen molar-refractivity contribution >= 4 is 34.5 Å². The molecule has 1 heterocycles. The number of amides is 1. The Bertz CT molecular complexity index is 322. The lowest BCUT2D eigenvalue weighted by molar-refractivity contribution is 0.0952. The molecule has 0 saturated carbocycles. The highest BCUT2D eigenvalue weighted by Crippen LogP contribution is 2.05. The normalized spacial score (nSPS) is 12.1. The van der Waals surface area contributed by atoms with E-state index in [0.717, 1.165) is 0 Å². The number of nitrogens with two attached hydrogens (primary N) is 1. The van der Waals surface area contributed by atoms with Gasteiger partial charge in [0.2, 0.25) is 0 Å². The molecule has 1 amide bonds. The predicted molar refractivity (Wildman–Crippen MR) is 62.6 cm³/mol. The summed E-state index contributed by atoms with van der Waals surface area (Å²) in [7, 11) is 0. The fourth-order valence-corrected chi connectivity index (χ4v) is 1.56. The highest BCUT2D eigenvalue weighted by atomic mass is 32.1. The van der Waals surface area contributed by atoms with Crippen molar-refractivity contribution in [1.29, 1.82) is 0 Å². The molecule has 1 aromatic rings. The monoisotopic (exact) mass is 228 g/mol. The van der Waals surface area contributed by atoms with E-state index in [2.05, 4.69) is 5.32 Å². The molecule has 0 spiro atoms. The summed E-state index contributed by atoms with van der Waals surface area (Å²) >= 11 is 6.30. The van der Waals surface area contributed by atoms with Gasteiger partial charge in [-0.1, -0.05) is 19.1 Å². The average molecular weight is 228 g/mol. The number of carbonyl (C=O) groups is 1. The molecule has 0 bridgehead atoms. The fourth-order valence-electron chi connectivity index (χ4n) is 0.842. The van der Waals surface area contributed by atoms with Gasteiger partial charge in [-0.3, -0.25) is 4.79 Å². The minimum atomic E-state index is -0.0747. The molecule has 14 heavy (non-hydrogen) atoms. The van der Waals surface area contributed by atoms with Crippen molar-refractivity contribution in [3.05, 3.63) is 22.4 Å². The van der Waals surface area contributed by atoms with Crippen molar-refractivity contribution in [3.63, 3.8) is 0 Å². The maximum absolute atomic E-state index is 11.4. The zero-order valence-corrected chi connectivity index (χ0v) is 9.45. The molecule has 0 radical (unpaired) electrons. The van der Waals surface area contributed by atoms with E-state index in [0.29, 0.717) is 17.1 Å². The first-order chi connectivity index (χ1) is 6.61. The topological polar surface area (TPSA) is 55.1 Å². The molecule has 0 saturated heterocycles. The van der Waals surface area contributed by atoms with Crippen molar-refractivity contribution in [2.45, 2.75) is 6.92 Å². The number of nitrogens with one attached hydrogen (secondary N) is 1. The maximum atomic E-state index is 11.4. The average Bonchev–Trinajstić information content (AvgIpc) is 2.66. The first-order valence-corrected chi connectivity index (χ1v) is 5.56. The van der Waals surface area contributed by atoms with Crippen LogP contribution >= 0.6 is 23.6 Å². The van der Waals surface area contributed by atoms with Crippen LogP contribution in [0, 0.1) is 5.92 Å². The number of hydrogen-bond donors (Lipinski definition) is 2. The van der Waals surface area contributed by atoms with E-state index in [1.54, 1.807) is 11.4 Å². The molecule has 0 aromatic carbocycles. The van der Waals surface area contributed by atoms with Gasteiger partial charge in [-0.05, 0) is 11.4 Å². The van der Waals surface area contributed by atoms with Gasteiger partial charge in [0.25, 0.3) is 5.91 Å². The Morgan fingerprint density at radius 3 is 3.00 bits per heavy atom. The summed E-state index contributed by atoms with van der Waals surface area (Å²) < 4.78 is 0. The number of thiocarbonyl (C=S) groups is 1. The van der Waals surface area contributed by atoms with Gasteiger partial charge in [0, 0.05) is 23.4 Å². The smallest absolute Gasteiger partial charge is 0.252 e. The number of thiophene rings is 1. The van der Waals surface area contributed by atoms with E-state index in [1.807, 2.05) is 12.3 Å². The lowest BCUT2D eigenvalue weighted by Gasteiger charge is -2.09. The Morgan fingerprint density at radius 1 is 1.79 bits per heavy atom. The van der Waals surface area contributed by atoms with Crippen LogP contribution in [0.1, 0.15) is 17.3 Å². The first-order valence-electron chi connectivity index (χ1n) is 4.21. The Morgan fingerprint density at radius 2 is 2.50 bits per heavy atom. The zero-order chi connectivity index (χ0) is 10.6.